The zero-order valence-corrected chi connectivity index (χ0v) is 12.7. The van der Waals surface area contributed by atoms with Gasteiger partial charge in [0.25, 0.3) is 0 Å². The molecular weight excluding hydrogens is 232 g/mol. The van der Waals surface area contributed by atoms with Gasteiger partial charge in [0.15, 0.2) is 0 Å². The molecule has 0 atom stereocenters. The number of hydrogen-bond acceptors (Lipinski definition) is 2. The summed E-state index contributed by atoms with van der Waals surface area (Å²) in [5.41, 5.74) is 5.05. The highest BCUT2D eigenvalue weighted by molar-refractivity contribution is 5.36. The molecule has 0 radical (unpaired) electrons. The van der Waals surface area contributed by atoms with Crippen molar-refractivity contribution in [2.45, 2.75) is 51.2 Å². The fraction of sp³-hybridized carbons (Fsp3) is 0.647. The average molecular weight is 258 g/mol. The van der Waals surface area contributed by atoms with Crippen LogP contribution in [0.5, 0.6) is 0 Å². The van der Waals surface area contributed by atoms with Crippen molar-refractivity contribution < 1.29 is 0 Å². The molecule has 0 spiro atoms. The third-order valence-corrected chi connectivity index (χ3v) is 4.98. The fourth-order valence-electron chi connectivity index (χ4n) is 3.26. The molecule has 2 nitrogen and oxygen atoms in total. The number of hydrogen-bond donors (Lipinski definition) is 0. The molecule has 1 aromatic rings. The van der Waals surface area contributed by atoms with Gasteiger partial charge in [-0.25, -0.2) is 0 Å². The molecule has 0 bridgehead atoms. The minimum atomic E-state index is 0.475. The summed E-state index contributed by atoms with van der Waals surface area (Å²) in [5.74, 6) is 0.635. The van der Waals surface area contributed by atoms with E-state index in [1.807, 2.05) is 0 Å². The van der Waals surface area contributed by atoms with E-state index in [0.29, 0.717) is 11.5 Å². The van der Waals surface area contributed by atoms with Crippen LogP contribution in [-0.2, 0) is 13.1 Å². The Bertz CT molecular complexity index is 472. The van der Waals surface area contributed by atoms with Crippen molar-refractivity contribution in [1.29, 1.82) is 0 Å². The number of fused-ring (bicyclic) bond motifs is 1. The standard InChI is InChI=1S/C17H26N2/c1-13(2)14-5-6-15-10-19(11-16(15)9-14)12-17(7-8-17)18(3)4/h5-6,9,13H,7-8,10-12H2,1-4H3. The van der Waals surface area contributed by atoms with Gasteiger partial charge in [-0.3, -0.25) is 4.90 Å². The van der Waals surface area contributed by atoms with Gasteiger partial charge in [0, 0.05) is 25.2 Å². The molecule has 1 aliphatic carbocycles. The van der Waals surface area contributed by atoms with Crippen LogP contribution >= 0.6 is 0 Å². The highest BCUT2D eigenvalue weighted by atomic mass is 15.3. The van der Waals surface area contributed by atoms with E-state index in [-0.39, 0.29) is 0 Å². The summed E-state index contributed by atoms with van der Waals surface area (Å²) >= 11 is 0. The predicted octanol–water partition coefficient (Wildman–Crippen LogP) is 3.22. The maximum absolute atomic E-state index is 2.63. The van der Waals surface area contributed by atoms with Gasteiger partial charge in [-0.15, -0.1) is 0 Å². The highest BCUT2D eigenvalue weighted by Gasteiger charge is 2.46. The lowest BCUT2D eigenvalue weighted by Crippen LogP contribution is -2.40. The van der Waals surface area contributed by atoms with E-state index in [9.17, 15) is 0 Å². The van der Waals surface area contributed by atoms with Gasteiger partial charge < -0.3 is 4.90 Å². The summed E-state index contributed by atoms with van der Waals surface area (Å²) in [6.45, 7) is 8.07. The summed E-state index contributed by atoms with van der Waals surface area (Å²) < 4.78 is 0. The monoisotopic (exact) mass is 258 g/mol. The minimum Gasteiger partial charge on any atom is -0.302 e. The molecule has 3 rings (SSSR count). The maximum atomic E-state index is 2.63. The Morgan fingerprint density at radius 3 is 2.42 bits per heavy atom. The summed E-state index contributed by atoms with van der Waals surface area (Å²) in [5, 5.41) is 0. The van der Waals surface area contributed by atoms with Gasteiger partial charge in [-0.2, -0.15) is 0 Å². The molecule has 1 aliphatic heterocycles. The Kier molecular flexibility index (Phi) is 3.18. The molecule has 0 N–H and O–H groups in total. The van der Waals surface area contributed by atoms with Crippen molar-refractivity contribution in [2.24, 2.45) is 0 Å². The molecule has 1 heterocycles. The number of likely N-dealkylation sites (N-methyl/N-ethyl adjacent to an activating group) is 1. The van der Waals surface area contributed by atoms with Gasteiger partial charge in [-0.1, -0.05) is 32.0 Å². The van der Waals surface area contributed by atoms with E-state index in [1.165, 1.54) is 24.9 Å². The van der Waals surface area contributed by atoms with Crippen LogP contribution in [0.2, 0.25) is 0 Å². The molecule has 2 heteroatoms. The number of nitrogens with zero attached hydrogens (tertiary/aromatic N) is 2. The lowest BCUT2D eigenvalue weighted by Gasteiger charge is -2.28. The second-order valence-corrected chi connectivity index (χ2v) is 6.95. The quantitative estimate of drug-likeness (QED) is 0.818. The van der Waals surface area contributed by atoms with Crippen molar-refractivity contribution in [2.75, 3.05) is 20.6 Å². The van der Waals surface area contributed by atoms with Gasteiger partial charge in [0.05, 0.1) is 0 Å². The normalized spacial score (nSPS) is 21.2. The fourth-order valence-corrected chi connectivity index (χ4v) is 3.26. The summed E-state index contributed by atoms with van der Waals surface area (Å²) in [7, 11) is 4.46. The minimum absolute atomic E-state index is 0.475. The van der Waals surface area contributed by atoms with Crippen LogP contribution in [0.25, 0.3) is 0 Å². The Balaban J connectivity index is 1.71. The lowest BCUT2D eigenvalue weighted by atomic mass is 9.99. The van der Waals surface area contributed by atoms with Crippen molar-refractivity contribution in [3.8, 4) is 0 Å². The second-order valence-electron chi connectivity index (χ2n) is 6.95. The third-order valence-electron chi connectivity index (χ3n) is 4.98. The Hall–Kier alpha value is -0.860. The smallest absolute Gasteiger partial charge is 0.0332 e. The van der Waals surface area contributed by atoms with Crippen LogP contribution in [0.1, 0.15) is 49.3 Å². The number of benzene rings is 1. The second kappa shape index (κ2) is 4.60. The van der Waals surface area contributed by atoms with Crippen molar-refractivity contribution >= 4 is 0 Å². The van der Waals surface area contributed by atoms with Gasteiger partial charge in [0.1, 0.15) is 0 Å². The average Bonchev–Trinajstić information content (AvgIpc) is 3.02. The van der Waals surface area contributed by atoms with Gasteiger partial charge >= 0.3 is 0 Å². The molecule has 19 heavy (non-hydrogen) atoms. The molecular formula is C17H26N2. The van der Waals surface area contributed by atoms with Crippen molar-refractivity contribution in [3.63, 3.8) is 0 Å². The van der Waals surface area contributed by atoms with E-state index in [2.05, 4.69) is 55.9 Å². The first-order valence-electron chi connectivity index (χ1n) is 7.52. The Labute approximate surface area is 117 Å². The molecule has 1 aromatic carbocycles. The molecule has 0 unspecified atom stereocenters. The van der Waals surface area contributed by atoms with Gasteiger partial charge in [-0.05, 0) is 49.5 Å². The topological polar surface area (TPSA) is 6.48 Å². The molecule has 0 amide bonds. The van der Waals surface area contributed by atoms with E-state index < -0.39 is 0 Å². The van der Waals surface area contributed by atoms with E-state index in [1.54, 1.807) is 11.1 Å². The maximum Gasteiger partial charge on any atom is 0.0332 e. The zero-order valence-electron chi connectivity index (χ0n) is 12.7. The first-order chi connectivity index (χ1) is 9.00. The molecule has 0 saturated heterocycles. The lowest BCUT2D eigenvalue weighted by molar-refractivity contribution is 0.167. The van der Waals surface area contributed by atoms with Gasteiger partial charge in [0.2, 0.25) is 0 Å². The van der Waals surface area contributed by atoms with E-state index >= 15 is 0 Å². The van der Waals surface area contributed by atoms with Crippen LogP contribution in [-0.4, -0.2) is 36.0 Å². The zero-order chi connectivity index (χ0) is 13.6. The van der Waals surface area contributed by atoms with E-state index in [4.69, 9.17) is 0 Å². The van der Waals surface area contributed by atoms with Crippen molar-refractivity contribution in [1.82, 2.24) is 9.80 Å². The SMILES string of the molecule is CC(C)c1ccc2c(c1)CN(CC1(N(C)C)CC1)C2. The Morgan fingerprint density at radius 2 is 1.84 bits per heavy atom. The van der Waals surface area contributed by atoms with Crippen LogP contribution in [0, 0.1) is 0 Å². The summed E-state index contributed by atoms with van der Waals surface area (Å²) in [4.78, 5) is 5.05. The van der Waals surface area contributed by atoms with Crippen molar-refractivity contribution in [3.05, 3.63) is 34.9 Å². The largest absolute Gasteiger partial charge is 0.302 e. The van der Waals surface area contributed by atoms with Crippen LogP contribution in [0.15, 0.2) is 18.2 Å². The first-order valence-corrected chi connectivity index (χ1v) is 7.52. The third kappa shape index (κ3) is 2.44. The predicted molar refractivity (Wildman–Crippen MR) is 80.3 cm³/mol. The summed E-state index contributed by atoms with van der Waals surface area (Å²) in [6, 6.07) is 7.08. The van der Waals surface area contributed by atoms with E-state index in [0.717, 1.165) is 13.1 Å². The molecule has 1 saturated carbocycles. The van der Waals surface area contributed by atoms with Crippen LogP contribution in [0.3, 0.4) is 0 Å². The first kappa shape index (κ1) is 13.1. The molecule has 104 valence electrons. The molecule has 2 aliphatic rings. The highest BCUT2D eigenvalue weighted by Crippen LogP contribution is 2.42. The summed E-state index contributed by atoms with van der Waals surface area (Å²) in [6.07, 6.45) is 2.73. The molecule has 1 fully saturated rings. The molecule has 0 aromatic heterocycles. The number of rotatable bonds is 4. The van der Waals surface area contributed by atoms with Crippen LogP contribution < -0.4 is 0 Å². The Morgan fingerprint density at radius 1 is 1.16 bits per heavy atom. The van der Waals surface area contributed by atoms with Crippen LogP contribution in [0.4, 0.5) is 0 Å².